The van der Waals surface area contributed by atoms with Crippen LogP contribution in [-0.4, -0.2) is 57.0 Å². The van der Waals surface area contributed by atoms with Gasteiger partial charge in [0.15, 0.2) is 5.96 Å². The second-order valence-electron chi connectivity index (χ2n) is 9.15. The van der Waals surface area contributed by atoms with Crippen molar-refractivity contribution in [1.82, 2.24) is 14.8 Å². The number of carbonyl (C=O) groups excluding carboxylic acids is 1. The summed E-state index contributed by atoms with van der Waals surface area (Å²) in [6.07, 6.45) is 8.38. The van der Waals surface area contributed by atoms with E-state index >= 15 is 0 Å². The lowest BCUT2D eigenvalue weighted by Crippen LogP contribution is -2.46. The number of aliphatic hydroxyl groups excluding tert-OH is 1. The molecule has 8 nitrogen and oxygen atoms in total. The Morgan fingerprint density at radius 1 is 1.26 bits per heavy atom. The highest BCUT2D eigenvalue weighted by Gasteiger charge is 2.27. The molecule has 0 bridgehead atoms. The Morgan fingerprint density at radius 3 is 2.76 bits per heavy atom. The van der Waals surface area contributed by atoms with Gasteiger partial charge in [-0.2, -0.15) is 0 Å². The first-order valence-electron chi connectivity index (χ1n) is 12.3. The van der Waals surface area contributed by atoms with Gasteiger partial charge in [0.25, 0.3) is 0 Å². The highest BCUT2D eigenvalue weighted by Crippen LogP contribution is 2.31. The Bertz CT molecular complexity index is 991. The molecule has 1 aliphatic heterocycles. The van der Waals surface area contributed by atoms with Crippen molar-refractivity contribution in [3.63, 3.8) is 0 Å². The smallest absolute Gasteiger partial charge is 0.222 e. The summed E-state index contributed by atoms with van der Waals surface area (Å²) < 4.78 is 5.87. The number of aliphatic imine (C=N–C) groups is 1. The molecule has 1 saturated carbocycles. The molecule has 2 aliphatic rings. The number of amides is 1. The Balaban J connectivity index is 1.38. The van der Waals surface area contributed by atoms with Crippen molar-refractivity contribution in [3.05, 3.63) is 48.2 Å². The zero-order valence-corrected chi connectivity index (χ0v) is 19.9. The molecular formula is C26H35N5O3. The first kappa shape index (κ1) is 24.0. The normalized spacial score (nSPS) is 17.0. The van der Waals surface area contributed by atoms with Gasteiger partial charge in [-0.15, -0.1) is 0 Å². The number of hydrogen-bond acceptors (Lipinski definition) is 7. The van der Waals surface area contributed by atoms with Gasteiger partial charge in [0.05, 0.1) is 18.5 Å². The molecule has 0 radical (unpaired) electrons. The lowest BCUT2D eigenvalue weighted by Gasteiger charge is -2.36. The minimum atomic E-state index is 0.00172. The zero-order valence-electron chi connectivity index (χ0n) is 19.9. The molecule has 1 aliphatic carbocycles. The van der Waals surface area contributed by atoms with Crippen LogP contribution < -0.4 is 10.5 Å². The molecule has 2 aromatic rings. The number of fused-ring (bicyclic) bond motifs is 1. The third-order valence-electron chi connectivity index (χ3n) is 6.76. The summed E-state index contributed by atoms with van der Waals surface area (Å²) in [7, 11) is 0. The Kier molecular flexibility index (Phi) is 8.00. The predicted molar refractivity (Wildman–Crippen MR) is 132 cm³/mol. The van der Waals surface area contributed by atoms with E-state index in [4.69, 9.17) is 10.5 Å². The fourth-order valence-corrected chi connectivity index (χ4v) is 4.84. The van der Waals surface area contributed by atoms with E-state index in [1.54, 1.807) is 6.20 Å². The van der Waals surface area contributed by atoms with Crippen LogP contribution >= 0.6 is 0 Å². The molecule has 2 heterocycles. The minimum absolute atomic E-state index is 0.00172. The SMILES string of the molecule is C[C@H](CCC(=O)N(CCO)C1CCCCC1)N1Cc2cc(Oc3ccccc3)ncc2N=C1N. The molecule has 182 valence electrons. The van der Waals surface area contributed by atoms with E-state index in [9.17, 15) is 9.90 Å². The van der Waals surface area contributed by atoms with E-state index in [1.165, 1.54) is 6.42 Å². The quantitative estimate of drug-likeness (QED) is 0.581. The molecule has 0 unspecified atom stereocenters. The topological polar surface area (TPSA) is 104 Å². The first-order chi connectivity index (χ1) is 16.5. The van der Waals surface area contributed by atoms with Crippen LogP contribution in [0.4, 0.5) is 5.69 Å². The van der Waals surface area contributed by atoms with Crippen molar-refractivity contribution < 1.29 is 14.6 Å². The van der Waals surface area contributed by atoms with Crippen LogP contribution in [0.25, 0.3) is 0 Å². The van der Waals surface area contributed by atoms with Crippen molar-refractivity contribution in [2.24, 2.45) is 10.7 Å². The molecule has 1 fully saturated rings. The zero-order chi connectivity index (χ0) is 23.9. The molecule has 0 spiro atoms. The van der Waals surface area contributed by atoms with Crippen molar-refractivity contribution in [2.75, 3.05) is 13.2 Å². The van der Waals surface area contributed by atoms with E-state index in [-0.39, 0.29) is 24.6 Å². The number of nitrogens with zero attached hydrogens (tertiary/aromatic N) is 4. The molecule has 1 atom stereocenters. The lowest BCUT2D eigenvalue weighted by atomic mass is 9.93. The number of aromatic nitrogens is 1. The van der Waals surface area contributed by atoms with E-state index in [0.717, 1.165) is 42.7 Å². The summed E-state index contributed by atoms with van der Waals surface area (Å²) >= 11 is 0. The number of nitrogens with two attached hydrogens (primary N) is 1. The maximum Gasteiger partial charge on any atom is 0.222 e. The average molecular weight is 466 g/mol. The van der Waals surface area contributed by atoms with Gasteiger partial charge >= 0.3 is 0 Å². The summed E-state index contributed by atoms with van der Waals surface area (Å²) in [6, 6.07) is 11.7. The number of guanidine groups is 1. The highest BCUT2D eigenvalue weighted by atomic mass is 16.5. The average Bonchev–Trinajstić information content (AvgIpc) is 2.86. The van der Waals surface area contributed by atoms with Crippen LogP contribution in [0.3, 0.4) is 0 Å². The number of ether oxygens (including phenoxy) is 1. The standard InChI is InChI=1S/C26H35N5O3/c1-19(12-13-25(33)30(14-15-32)21-8-4-2-5-9-21)31-18-20-16-24(28-17-23(20)29-26(31)27)34-22-10-6-3-7-11-22/h3,6-7,10-11,16-17,19,21,32H,2,4-5,8-9,12-15,18H2,1H3,(H2,27,29)/t19-/m1/s1. The third kappa shape index (κ3) is 5.86. The summed E-state index contributed by atoms with van der Waals surface area (Å²) in [4.78, 5) is 25.8. The van der Waals surface area contributed by atoms with Crippen molar-refractivity contribution in [2.45, 2.75) is 70.5 Å². The van der Waals surface area contributed by atoms with Gasteiger partial charge < -0.3 is 25.4 Å². The number of carbonyl (C=O) groups is 1. The summed E-state index contributed by atoms with van der Waals surface area (Å²) in [5, 5.41) is 9.49. The van der Waals surface area contributed by atoms with Crippen LogP contribution in [0.5, 0.6) is 11.6 Å². The minimum Gasteiger partial charge on any atom is -0.439 e. The summed E-state index contributed by atoms with van der Waals surface area (Å²) in [5.74, 6) is 1.78. The Labute approximate surface area is 201 Å². The van der Waals surface area contributed by atoms with Gasteiger partial charge in [0, 0.05) is 43.2 Å². The molecule has 3 N–H and O–H groups in total. The lowest BCUT2D eigenvalue weighted by molar-refractivity contribution is -0.135. The molecule has 34 heavy (non-hydrogen) atoms. The Morgan fingerprint density at radius 2 is 2.03 bits per heavy atom. The molecule has 0 saturated heterocycles. The van der Waals surface area contributed by atoms with Gasteiger partial charge in [-0.1, -0.05) is 37.5 Å². The largest absolute Gasteiger partial charge is 0.439 e. The van der Waals surface area contributed by atoms with Crippen molar-refractivity contribution in [1.29, 1.82) is 0 Å². The number of hydrogen-bond donors (Lipinski definition) is 2. The van der Waals surface area contributed by atoms with E-state index in [0.29, 0.717) is 37.8 Å². The number of para-hydroxylation sites is 1. The van der Waals surface area contributed by atoms with Crippen LogP contribution in [0.1, 0.15) is 57.4 Å². The van der Waals surface area contributed by atoms with E-state index in [1.807, 2.05) is 46.2 Å². The van der Waals surface area contributed by atoms with Crippen molar-refractivity contribution in [3.8, 4) is 11.6 Å². The molecule has 1 aromatic heterocycles. The summed E-state index contributed by atoms with van der Waals surface area (Å²) in [6.45, 7) is 3.06. The maximum absolute atomic E-state index is 13.0. The molecule has 4 rings (SSSR count). The van der Waals surface area contributed by atoms with Crippen LogP contribution in [0.15, 0.2) is 47.6 Å². The highest BCUT2D eigenvalue weighted by molar-refractivity contribution is 5.84. The van der Waals surface area contributed by atoms with Gasteiger partial charge in [-0.3, -0.25) is 4.79 Å². The number of pyridine rings is 1. The van der Waals surface area contributed by atoms with Gasteiger partial charge in [0.2, 0.25) is 11.8 Å². The fourth-order valence-electron chi connectivity index (χ4n) is 4.84. The number of benzene rings is 1. The monoisotopic (exact) mass is 465 g/mol. The molecular weight excluding hydrogens is 430 g/mol. The van der Waals surface area contributed by atoms with Crippen LogP contribution in [-0.2, 0) is 11.3 Å². The van der Waals surface area contributed by atoms with E-state index < -0.39 is 0 Å². The summed E-state index contributed by atoms with van der Waals surface area (Å²) in [5.41, 5.74) is 8.00. The van der Waals surface area contributed by atoms with Gasteiger partial charge in [0.1, 0.15) is 5.75 Å². The fraction of sp³-hybridized carbons (Fsp3) is 0.500. The maximum atomic E-state index is 13.0. The number of rotatable bonds is 9. The van der Waals surface area contributed by atoms with Gasteiger partial charge in [-0.25, -0.2) is 9.98 Å². The van der Waals surface area contributed by atoms with Crippen LogP contribution in [0, 0.1) is 0 Å². The van der Waals surface area contributed by atoms with Crippen molar-refractivity contribution >= 4 is 17.6 Å². The predicted octanol–water partition coefficient (Wildman–Crippen LogP) is 3.96. The Hall–Kier alpha value is -3.13. The van der Waals surface area contributed by atoms with Crippen LogP contribution in [0.2, 0.25) is 0 Å². The molecule has 1 amide bonds. The second-order valence-corrected chi connectivity index (χ2v) is 9.15. The number of aliphatic hydroxyl groups is 1. The third-order valence-corrected chi connectivity index (χ3v) is 6.76. The van der Waals surface area contributed by atoms with E-state index in [2.05, 4.69) is 16.9 Å². The second kappa shape index (κ2) is 11.3. The molecule has 8 heteroatoms. The van der Waals surface area contributed by atoms with Gasteiger partial charge in [-0.05, 0) is 38.3 Å². The first-order valence-corrected chi connectivity index (χ1v) is 12.3. The molecule has 1 aromatic carbocycles.